The average Bonchev–Trinajstić information content (AvgIpc) is 3.17. The molecule has 1 atom stereocenters. The van der Waals surface area contributed by atoms with Crippen LogP contribution in [-0.2, 0) is 13.0 Å². The number of hydrogen-bond acceptors (Lipinski definition) is 4. The van der Waals surface area contributed by atoms with Crippen LogP contribution in [0.15, 0.2) is 44.3 Å². The number of aromatic nitrogens is 1. The summed E-state index contributed by atoms with van der Waals surface area (Å²) >= 11 is 3.51. The van der Waals surface area contributed by atoms with Gasteiger partial charge < -0.3 is 14.7 Å². The molecule has 1 aromatic heterocycles. The topological polar surface area (TPSA) is 56.9 Å². The first kappa shape index (κ1) is 19.9. The molecule has 27 heavy (non-hydrogen) atoms. The third-order valence-corrected chi connectivity index (χ3v) is 5.65. The number of aryl methyl sites for hydroxylation is 1. The molecule has 6 nitrogen and oxygen atoms in total. The summed E-state index contributed by atoms with van der Waals surface area (Å²) in [7, 11) is 1.83. The predicted octanol–water partition coefficient (Wildman–Crippen LogP) is 3.45. The molecule has 3 rings (SSSR count). The van der Waals surface area contributed by atoms with Crippen LogP contribution in [0.25, 0.3) is 0 Å². The maximum atomic E-state index is 5.35. The summed E-state index contributed by atoms with van der Waals surface area (Å²) < 4.78 is 6.47. The number of benzene rings is 1. The highest BCUT2D eigenvalue weighted by molar-refractivity contribution is 9.10. The Bertz CT molecular complexity index is 750. The van der Waals surface area contributed by atoms with Crippen molar-refractivity contribution in [2.45, 2.75) is 32.9 Å². The van der Waals surface area contributed by atoms with Crippen molar-refractivity contribution >= 4 is 21.9 Å². The van der Waals surface area contributed by atoms with Crippen LogP contribution in [-0.4, -0.2) is 54.1 Å². The molecule has 0 aliphatic carbocycles. The van der Waals surface area contributed by atoms with E-state index >= 15 is 0 Å². The van der Waals surface area contributed by atoms with Gasteiger partial charge in [-0.15, -0.1) is 0 Å². The third kappa shape index (κ3) is 5.11. The maximum absolute atomic E-state index is 5.35. The van der Waals surface area contributed by atoms with E-state index in [4.69, 9.17) is 4.52 Å². The molecule has 2 heterocycles. The molecule has 1 aliphatic heterocycles. The number of hydrogen-bond donors (Lipinski definition) is 1. The van der Waals surface area contributed by atoms with Crippen LogP contribution in [0.2, 0.25) is 0 Å². The fraction of sp³-hybridized carbons (Fsp3) is 0.500. The zero-order valence-electron chi connectivity index (χ0n) is 16.3. The molecule has 0 bridgehead atoms. The van der Waals surface area contributed by atoms with Crippen molar-refractivity contribution in [1.29, 1.82) is 0 Å². The first-order valence-corrected chi connectivity index (χ1v) is 10.3. The van der Waals surface area contributed by atoms with Gasteiger partial charge in [-0.05, 0) is 31.0 Å². The van der Waals surface area contributed by atoms with Crippen molar-refractivity contribution < 1.29 is 4.52 Å². The molecule has 1 saturated heterocycles. The molecular weight excluding hydrogens is 406 g/mol. The Hall–Kier alpha value is -1.86. The summed E-state index contributed by atoms with van der Waals surface area (Å²) in [6.45, 7) is 8.90. The molecule has 0 spiro atoms. The zero-order chi connectivity index (χ0) is 19.2. The molecule has 1 aliphatic rings. The summed E-state index contributed by atoms with van der Waals surface area (Å²) in [5, 5.41) is 7.43. The fourth-order valence-corrected chi connectivity index (χ4v) is 3.64. The molecule has 1 fully saturated rings. The van der Waals surface area contributed by atoms with Gasteiger partial charge >= 0.3 is 0 Å². The standard InChI is InChI=1S/C20H28BrN5O/c1-4-18-13-19(27-24-18)14-23-20(22-3)26-11-9-25(10-12-26)15(2)16-5-7-17(21)8-6-16/h5-8,13,15H,4,9-12,14H2,1-3H3,(H,22,23). The molecule has 1 unspecified atom stereocenters. The Labute approximate surface area is 169 Å². The Morgan fingerprint density at radius 2 is 1.96 bits per heavy atom. The quantitative estimate of drug-likeness (QED) is 0.577. The van der Waals surface area contributed by atoms with Gasteiger partial charge in [0.15, 0.2) is 11.7 Å². The van der Waals surface area contributed by atoms with E-state index in [2.05, 4.69) is 79.3 Å². The highest BCUT2D eigenvalue weighted by Gasteiger charge is 2.23. The molecule has 0 saturated carbocycles. The van der Waals surface area contributed by atoms with Crippen LogP contribution in [0, 0.1) is 0 Å². The van der Waals surface area contributed by atoms with Crippen LogP contribution in [0.5, 0.6) is 0 Å². The van der Waals surface area contributed by atoms with Crippen LogP contribution >= 0.6 is 15.9 Å². The fourth-order valence-electron chi connectivity index (χ4n) is 3.38. The Morgan fingerprint density at radius 1 is 1.26 bits per heavy atom. The van der Waals surface area contributed by atoms with Crippen molar-refractivity contribution in [3.8, 4) is 0 Å². The lowest BCUT2D eigenvalue weighted by Crippen LogP contribution is -2.52. The zero-order valence-corrected chi connectivity index (χ0v) is 17.9. The molecule has 0 radical (unpaired) electrons. The van der Waals surface area contributed by atoms with E-state index in [-0.39, 0.29) is 0 Å². The lowest BCUT2D eigenvalue weighted by atomic mass is 10.1. The number of aliphatic imine (C=N–C) groups is 1. The van der Waals surface area contributed by atoms with E-state index in [9.17, 15) is 0 Å². The van der Waals surface area contributed by atoms with Crippen molar-refractivity contribution in [2.24, 2.45) is 4.99 Å². The van der Waals surface area contributed by atoms with Gasteiger partial charge in [-0.1, -0.05) is 40.1 Å². The summed E-state index contributed by atoms with van der Waals surface area (Å²) in [6.07, 6.45) is 0.886. The maximum Gasteiger partial charge on any atom is 0.194 e. The molecule has 7 heteroatoms. The second-order valence-electron chi connectivity index (χ2n) is 6.79. The summed E-state index contributed by atoms with van der Waals surface area (Å²) in [6, 6.07) is 11.0. The Balaban J connectivity index is 1.51. The van der Waals surface area contributed by atoms with E-state index in [0.29, 0.717) is 12.6 Å². The van der Waals surface area contributed by atoms with Gasteiger partial charge in [0.25, 0.3) is 0 Å². The van der Waals surface area contributed by atoms with Crippen molar-refractivity contribution in [3.05, 3.63) is 51.8 Å². The highest BCUT2D eigenvalue weighted by atomic mass is 79.9. The molecule has 0 amide bonds. The number of nitrogens with zero attached hydrogens (tertiary/aromatic N) is 4. The normalized spacial score (nSPS) is 17.2. The summed E-state index contributed by atoms with van der Waals surface area (Å²) in [4.78, 5) is 9.27. The van der Waals surface area contributed by atoms with Crippen LogP contribution in [0.4, 0.5) is 0 Å². The van der Waals surface area contributed by atoms with Gasteiger partial charge in [0.1, 0.15) is 0 Å². The minimum absolute atomic E-state index is 0.414. The van der Waals surface area contributed by atoms with Gasteiger partial charge in [-0.25, -0.2) is 0 Å². The minimum Gasteiger partial charge on any atom is -0.359 e. The Kier molecular flexibility index (Phi) is 6.90. The second kappa shape index (κ2) is 9.37. The minimum atomic E-state index is 0.414. The first-order valence-electron chi connectivity index (χ1n) is 9.50. The summed E-state index contributed by atoms with van der Waals surface area (Å²) in [5.41, 5.74) is 2.34. The van der Waals surface area contributed by atoms with Crippen LogP contribution in [0.1, 0.15) is 36.9 Å². The highest BCUT2D eigenvalue weighted by Crippen LogP contribution is 2.23. The van der Waals surface area contributed by atoms with E-state index in [1.807, 2.05) is 13.1 Å². The third-order valence-electron chi connectivity index (χ3n) is 5.12. The van der Waals surface area contributed by atoms with Crippen molar-refractivity contribution in [3.63, 3.8) is 0 Å². The smallest absolute Gasteiger partial charge is 0.194 e. The van der Waals surface area contributed by atoms with E-state index in [1.54, 1.807) is 0 Å². The number of guanidine groups is 1. The monoisotopic (exact) mass is 433 g/mol. The van der Waals surface area contributed by atoms with Crippen molar-refractivity contribution in [1.82, 2.24) is 20.3 Å². The van der Waals surface area contributed by atoms with Gasteiger partial charge in [-0.2, -0.15) is 0 Å². The van der Waals surface area contributed by atoms with Crippen LogP contribution in [0.3, 0.4) is 0 Å². The largest absolute Gasteiger partial charge is 0.359 e. The molecule has 146 valence electrons. The van der Waals surface area contributed by atoms with Gasteiger partial charge in [0.05, 0.1) is 12.2 Å². The number of nitrogens with one attached hydrogen (secondary N) is 1. The number of piperazine rings is 1. The molecule has 1 aromatic carbocycles. The van der Waals surface area contributed by atoms with Gasteiger partial charge in [0.2, 0.25) is 0 Å². The van der Waals surface area contributed by atoms with Gasteiger partial charge in [0, 0.05) is 49.8 Å². The average molecular weight is 434 g/mol. The van der Waals surface area contributed by atoms with Crippen LogP contribution < -0.4 is 5.32 Å². The van der Waals surface area contributed by atoms with Gasteiger partial charge in [-0.3, -0.25) is 9.89 Å². The molecule has 1 N–H and O–H groups in total. The second-order valence-corrected chi connectivity index (χ2v) is 7.71. The lowest BCUT2D eigenvalue weighted by Gasteiger charge is -2.39. The first-order chi connectivity index (χ1) is 13.1. The van der Waals surface area contributed by atoms with E-state index in [1.165, 1.54) is 5.56 Å². The number of rotatable bonds is 5. The summed E-state index contributed by atoms with van der Waals surface area (Å²) in [5.74, 6) is 1.76. The Morgan fingerprint density at radius 3 is 2.56 bits per heavy atom. The lowest BCUT2D eigenvalue weighted by molar-refractivity contribution is 0.138. The van der Waals surface area contributed by atoms with E-state index in [0.717, 1.165) is 54.5 Å². The molecule has 2 aromatic rings. The van der Waals surface area contributed by atoms with E-state index < -0.39 is 0 Å². The number of halogens is 1. The SMILES string of the molecule is CCc1cc(CNC(=NC)N2CCN(C(C)c3ccc(Br)cc3)CC2)on1. The molecular formula is C20H28BrN5O. The van der Waals surface area contributed by atoms with Crippen molar-refractivity contribution in [2.75, 3.05) is 33.2 Å². The predicted molar refractivity (Wildman–Crippen MR) is 112 cm³/mol.